The van der Waals surface area contributed by atoms with Crippen LogP contribution in [0, 0.1) is 12.7 Å². The third-order valence-corrected chi connectivity index (χ3v) is 6.53. The second-order valence-electron chi connectivity index (χ2n) is 8.92. The molecule has 1 saturated carbocycles. The van der Waals surface area contributed by atoms with Gasteiger partial charge >= 0.3 is 6.09 Å². The van der Waals surface area contributed by atoms with Crippen LogP contribution in [0.1, 0.15) is 47.2 Å². The van der Waals surface area contributed by atoms with Gasteiger partial charge in [-0.15, -0.1) is 0 Å². The van der Waals surface area contributed by atoms with E-state index in [9.17, 15) is 14.0 Å². The lowest BCUT2D eigenvalue weighted by atomic mass is 10.1. The van der Waals surface area contributed by atoms with Gasteiger partial charge in [0.1, 0.15) is 18.2 Å². The zero-order valence-electron chi connectivity index (χ0n) is 18.4. The topological polar surface area (TPSA) is 66.0 Å². The van der Waals surface area contributed by atoms with Crippen LogP contribution in [-0.2, 0) is 4.74 Å². The number of rotatable bonds is 4. The largest absolute Gasteiger partial charge is 0.447 e. The Balaban J connectivity index is 1.25. The fourth-order valence-corrected chi connectivity index (χ4v) is 4.56. The molecule has 32 heavy (non-hydrogen) atoms. The van der Waals surface area contributed by atoms with Crippen molar-refractivity contribution < 1.29 is 18.7 Å². The van der Waals surface area contributed by atoms with Crippen LogP contribution in [0.3, 0.4) is 0 Å². The van der Waals surface area contributed by atoms with Crippen LogP contribution >= 0.6 is 0 Å². The van der Waals surface area contributed by atoms with E-state index in [1.165, 1.54) is 35.4 Å². The van der Waals surface area contributed by atoms with E-state index in [0.29, 0.717) is 37.8 Å². The fourth-order valence-electron chi connectivity index (χ4n) is 4.56. The van der Waals surface area contributed by atoms with Crippen molar-refractivity contribution in [1.82, 2.24) is 9.88 Å². The highest BCUT2D eigenvalue weighted by molar-refractivity contribution is 5.96. The number of hydrogen-bond acceptors (Lipinski definition) is 5. The minimum atomic E-state index is -0.630. The first kappa shape index (κ1) is 20.7. The highest BCUT2D eigenvalue weighted by Gasteiger charge is 2.32. The van der Waals surface area contributed by atoms with Crippen molar-refractivity contribution in [3.63, 3.8) is 0 Å². The van der Waals surface area contributed by atoms with E-state index in [1.807, 2.05) is 13.1 Å². The number of carbonyl (C=O) groups excluding carboxylic acids is 2. The Hall–Kier alpha value is -3.16. The highest BCUT2D eigenvalue weighted by atomic mass is 19.1. The maximum absolute atomic E-state index is 14.8. The van der Waals surface area contributed by atoms with E-state index in [0.717, 1.165) is 11.4 Å². The number of hydrogen-bond donors (Lipinski definition) is 0. The van der Waals surface area contributed by atoms with Gasteiger partial charge in [-0.2, -0.15) is 0 Å². The zero-order chi connectivity index (χ0) is 22.4. The molecule has 8 heteroatoms. The maximum atomic E-state index is 14.8. The number of carbonyl (C=O) groups is 2. The Morgan fingerprint density at radius 2 is 1.91 bits per heavy atom. The molecule has 1 aromatic heterocycles. The third-order valence-electron chi connectivity index (χ3n) is 6.53. The molecule has 7 nitrogen and oxygen atoms in total. The van der Waals surface area contributed by atoms with Gasteiger partial charge < -0.3 is 14.5 Å². The van der Waals surface area contributed by atoms with Crippen molar-refractivity contribution in [2.75, 3.05) is 42.6 Å². The number of piperazine rings is 1. The second kappa shape index (κ2) is 8.07. The van der Waals surface area contributed by atoms with Crippen LogP contribution in [0.2, 0.25) is 0 Å². The van der Waals surface area contributed by atoms with Crippen molar-refractivity contribution in [1.29, 1.82) is 0 Å². The highest BCUT2D eigenvalue weighted by Crippen LogP contribution is 2.40. The molecule has 3 heterocycles. The van der Waals surface area contributed by atoms with E-state index in [-0.39, 0.29) is 24.1 Å². The summed E-state index contributed by atoms with van der Waals surface area (Å²) in [6.07, 6.45) is 3.98. The van der Waals surface area contributed by atoms with Gasteiger partial charge in [0.05, 0.1) is 17.3 Å². The first-order valence-corrected chi connectivity index (χ1v) is 11.2. The number of aromatic nitrogens is 1. The number of anilines is 2. The van der Waals surface area contributed by atoms with Crippen molar-refractivity contribution in [3.05, 3.63) is 53.0 Å². The Bertz CT molecular complexity index is 1060. The fraction of sp³-hybridized carbons (Fsp3) is 0.458. The smallest absolute Gasteiger partial charge is 0.414 e. The average molecular weight is 439 g/mol. The number of pyridine rings is 1. The van der Waals surface area contributed by atoms with Crippen LogP contribution in [0.4, 0.5) is 20.7 Å². The summed E-state index contributed by atoms with van der Waals surface area (Å²) >= 11 is 0. The van der Waals surface area contributed by atoms with Crippen molar-refractivity contribution in [3.8, 4) is 0 Å². The number of ether oxygens (including phenoxy) is 1. The maximum Gasteiger partial charge on any atom is 0.414 e. The van der Waals surface area contributed by atoms with Gasteiger partial charge in [-0.1, -0.05) is 6.07 Å². The molecule has 0 bridgehead atoms. The molecule has 0 spiro atoms. The summed E-state index contributed by atoms with van der Waals surface area (Å²) in [5.41, 5.74) is 2.89. The summed E-state index contributed by atoms with van der Waals surface area (Å²) in [7, 11) is 0. The van der Waals surface area contributed by atoms with E-state index in [2.05, 4.69) is 22.9 Å². The molecule has 0 N–H and O–H groups in total. The van der Waals surface area contributed by atoms with E-state index < -0.39 is 11.9 Å². The average Bonchev–Trinajstić information content (AvgIpc) is 3.58. The number of nitrogens with zero attached hydrogens (tertiary/aromatic N) is 4. The molecule has 2 aliphatic heterocycles. The van der Waals surface area contributed by atoms with Crippen LogP contribution in [0.25, 0.3) is 0 Å². The molecule has 1 unspecified atom stereocenters. The van der Waals surface area contributed by atoms with E-state index >= 15 is 0 Å². The predicted molar refractivity (Wildman–Crippen MR) is 119 cm³/mol. The third kappa shape index (κ3) is 3.78. The van der Waals surface area contributed by atoms with Gasteiger partial charge in [-0.25, -0.2) is 14.2 Å². The minimum absolute atomic E-state index is 0.0190. The molecule has 2 amide bonds. The molecular formula is C24H27FN4O3. The summed E-state index contributed by atoms with van der Waals surface area (Å²) in [4.78, 5) is 34.8. The summed E-state index contributed by atoms with van der Waals surface area (Å²) in [6, 6.07) is 6.35. The summed E-state index contributed by atoms with van der Waals surface area (Å²) in [5, 5.41) is 0. The number of cyclic esters (lactones) is 1. The molecule has 5 rings (SSSR count). The first-order valence-electron chi connectivity index (χ1n) is 11.2. The Labute approximate surface area is 186 Å². The van der Waals surface area contributed by atoms with Crippen LogP contribution in [-0.4, -0.2) is 60.7 Å². The Morgan fingerprint density at radius 3 is 2.50 bits per heavy atom. The van der Waals surface area contributed by atoms with Gasteiger partial charge in [-0.3, -0.25) is 9.69 Å². The zero-order valence-corrected chi connectivity index (χ0v) is 18.4. The van der Waals surface area contributed by atoms with Crippen molar-refractivity contribution in [2.45, 2.75) is 38.6 Å². The van der Waals surface area contributed by atoms with Gasteiger partial charge in [-0.05, 0) is 61.9 Å². The quantitative estimate of drug-likeness (QED) is 0.728. The van der Waals surface area contributed by atoms with Gasteiger partial charge in [0.15, 0.2) is 0 Å². The standard InChI is InChI=1S/C24H27FN4O3/c1-15-11-18(17-3-4-17)13-26-22(15)27-7-9-28(10-8-27)23(30)20-6-5-19(12-21(20)25)29-16(2)14-32-24(29)31/h5-6,11-13,16-17H,3-4,7-10,14H2,1-2H3. The predicted octanol–water partition coefficient (Wildman–Crippen LogP) is 3.71. The number of benzene rings is 1. The van der Waals surface area contributed by atoms with Crippen LogP contribution < -0.4 is 9.80 Å². The normalized spacial score (nSPS) is 21.2. The number of halogens is 1. The number of amides is 2. The molecule has 1 aliphatic carbocycles. The molecule has 2 aromatic rings. The lowest BCUT2D eigenvalue weighted by Gasteiger charge is -2.36. The van der Waals surface area contributed by atoms with Gasteiger partial charge in [0.2, 0.25) is 0 Å². The Morgan fingerprint density at radius 1 is 1.16 bits per heavy atom. The molecule has 1 aromatic carbocycles. The lowest BCUT2D eigenvalue weighted by Crippen LogP contribution is -2.49. The van der Waals surface area contributed by atoms with Crippen molar-refractivity contribution >= 4 is 23.5 Å². The van der Waals surface area contributed by atoms with E-state index in [1.54, 1.807) is 11.0 Å². The molecule has 0 radical (unpaired) electrons. The van der Waals surface area contributed by atoms with Crippen LogP contribution in [0.15, 0.2) is 30.5 Å². The van der Waals surface area contributed by atoms with Crippen molar-refractivity contribution in [2.24, 2.45) is 0 Å². The molecular weight excluding hydrogens is 411 g/mol. The number of aryl methyl sites for hydroxylation is 1. The van der Waals surface area contributed by atoms with Gasteiger partial charge in [0, 0.05) is 32.4 Å². The minimum Gasteiger partial charge on any atom is -0.447 e. The molecule has 3 fully saturated rings. The van der Waals surface area contributed by atoms with E-state index in [4.69, 9.17) is 4.74 Å². The lowest BCUT2D eigenvalue weighted by molar-refractivity contribution is 0.0742. The second-order valence-corrected chi connectivity index (χ2v) is 8.92. The Kier molecular flexibility index (Phi) is 5.23. The summed E-state index contributed by atoms with van der Waals surface area (Å²) in [5.74, 6) is 0.670. The van der Waals surface area contributed by atoms with Gasteiger partial charge in [0.25, 0.3) is 5.91 Å². The molecule has 168 valence electrons. The monoisotopic (exact) mass is 438 g/mol. The summed E-state index contributed by atoms with van der Waals surface area (Å²) in [6.45, 7) is 6.49. The van der Waals surface area contributed by atoms with Crippen LogP contribution in [0.5, 0.6) is 0 Å². The molecule has 1 atom stereocenters. The SMILES string of the molecule is Cc1cc(C2CC2)cnc1N1CCN(C(=O)c2ccc(N3C(=O)OCC3C)cc2F)CC1. The molecule has 3 aliphatic rings. The summed E-state index contributed by atoms with van der Waals surface area (Å²) < 4.78 is 19.8. The first-order chi connectivity index (χ1) is 15.4. The molecule has 2 saturated heterocycles.